The third-order valence-corrected chi connectivity index (χ3v) is 8.17. The Bertz CT molecular complexity index is 1190. The van der Waals surface area contributed by atoms with Gasteiger partial charge < -0.3 is 20.3 Å². The van der Waals surface area contributed by atoms with Gasteiger partial charge >= 0.3 is 0 Å². The second kappa shape index (κ2) is 11.5. The van der Waals surface area contributed by atoms with Crippen LogP contribution in [-0.2, 0) is 4.74 Å². The SMILES string of the molecule is COCCCNC(=O)c1cccc(-c2cccc3cc(C(=O)N[C@H]4CN5CCC4CC5)sc23)c1.Cl. The topological polar surface area (TPSA) is 70.7 Å². The summed E-state index contributed by atoms with van der Waals surface area (Å²) in [5.74, 6) is 0.534. The van der Waals surface area contributed by atoms with Gasteiger partial charge in [-0.2, -0.15) is 0 Å². The van der Waals surface area contributed by atoms with Gasteiger partial charge in [-0.25, -0.2) is 0 Å². The number of carbonyl (C=O) groups excluding carboxylic acids is 2. The number of hydrogen-bond acceptors (Lipinski definition) is 5. The van der Waals surface area contributed by atoms with E-state index >= 15 is 0 Å². The summed E-state index contributed by atoms with van der Waals surface area (Å²) >= 11 is 1.53. The molecule has 2 N–H and O–H groups in total. The third kappa shape index (κ3) is 5.70. The average molecular weight is 514 g/mol. The Morgan fingerprint density at radius 1 is 1.09 bits per heavy atom. The van der Waals surface area contributed by atoms with Crippen LogP contribution in [0.5, 0.6) is 0 Å². The number of carbonyl (C=O) groups is 2. The molecule has 2 aromatic carbocycles. The molecule has 6 nitrogen and oxygen atoms in total. The number of fused-ring (bicyclic) bond motifs is 4. The number of nitrogens with zero attached hydrogens (tertiary/aromatic N) is 1. The Morgan fingerprint density at radius 2 is 1.89 bits per heavy atom. The van der Waals surface area contributed by atoms with Crippen molar-refractivity contribution in [1.82, 2.24) is 15.5 Å². The van der Waals surface area contributed by atoms with E-state index in [1.165, 1.54) is 24.2 Å². The molecule has 0 spiro atoms. The van der Waals surface area contributed by atoms with E-state index in [9.17, 15) is 9.59 Å². The summed E-state index contributed by atoms with van der Waals surface area (Å²) in [6.45, 7) is 4.49. The molecule has 2 bridgehead atoms. The fourth-order valence-electron chi connectivity index (χ4n) is 5.12. The smallest absolute Gasteiger partial charge is 0.261 e. The van der Waals surface area contributed by atoms with Crippen LogP contribution in [0.1, 0.15) is 39.3 Å². The fraction of sp³-hybridized carbons (Fsp3) is 0.407. The Balaban J connectivity index is 0.00000289. The number of halogens is 1. The molecule has 6 rings (SSSR count). The van der Waals surface area contributed by atoms with Gasteiger partial charge in [-0.1, -0.05) is 30.3 Å². The molecular formula is C27H32ClN3O3S. The first-order valence-corrected chi connectivity index (χ1v) is 12.9. The van der Waals surface area contributed by atoms with Gasteiger partial charge in [-0.3, -0.25) is 9.59 Å². The molecule has 0 aliphatic carbocycles. The quantitative estimate of drug-likeness (QED) is 0.432. The van der Waals surface area contributed by atoms with E-state index in [1.54, 1.807) is 7.11 Å². The third-order valence-electron chi connectivity index (χ3n) is 6.99. The van der Waals surface area contributed by atoms with Crippen molar-refractivity contribution in [1.29, 1.82) is 0 Å². The first-order chi connectivity index (χ1) is 16.6. The predicted octanol–water partition coefficient (Wildman–Crippen LogP) is 4.58. The van der Waals surface area contributed by atoms with Gasteiger partial charge in [-0.05, 0) is 73.0 Å². The number of piperidine rings is 3. The lowest BCUT2D eigenvalue weighted by Crippen LogP contribution is -2.57. The van der Waals surface area contributed by atoms with Crippen molar-refractivity contribution in [3.63, 3.8) is 0 Å². The molecule has 8 heteroatoms. The molecule has 35 heavy (non-hydrogen) atoms. The van der Waals surface area contributed by atoms with Crippen LogP contribution in [0.15, 0.2) is 48.5 Å². The summed E-state index contributed by atoms with van der Waals surface area (Å²) in [4.78, 5) is 28.9. The molecule has 2 amide bonds. The number of amides is 2. The standard InChI is InChI=1S/C27H31N3O3S.ClH/c1-33-14-4-11-28-26(31)21-7-2-5-19(15-21)22-8-3-6-20-16-24(34-25(20)22)27(32)29-23-17-30-12-9-18(23)10-13-30;/h2-3,5-8,15-16,18,23H,4,9-14,17H2,1H3,(H,28,31)(H,29,32);1H/t23-;/m0./s1. The predicted molar refractivity (Wildman–Crippen MR) is 144 cm³/mol. The number of ether oxygens (including phenoxy) is 1. The first-order valence-electron chi connectivity index (χ1n) is 12.1. The maximum absolute atomic E-state index is 13.1. The maximum atomic E-state index is 13.1. The average Bonchev–Trinajstić information content (AvgIpc) is 3.32. The highest BCUT2D eigenvalue weighted by molar-refractivity contribution is 7.21. The molecular weight excluding hydrogens is 482 g/mol. The lowest BCUT2D eigenvalue weighted by Gasteiger charge is -2.44. The van der Waals surface area contributed by atoms with E-state index in [-0.39, 0.29) is 30.3 Å². The van der Waals surface area contributed by atoms with Gasteiger partial charge in [-0.15, -0.1) is 23.7 Å². The highest BCUT2D eigenvalue weighted by Crippen LogP contribution is 2.36. The molecule has 3 aromatic rings. The number of benzene rings is 2. The van der Waals surface area contributed by atoms with Crippen LogP contribution in [0.4, 0.5) is 0 Å². The van der Waals surface area contributed by atoms with Crippen LogP contribution in [0.25, 0.3) is 21.2 Å². The molecule has 186 valence electrons. The lowest BCUT2D eigenvalue weighted by molar-refractivity contribution is 0.0622. The van der Waals surface area contributed by atoms with Crippen molar-refractivity contribution in [3.05, 3.63) is 59.0 Å². The van der Waals surface area contributed by atoms with Crippen LogP contribution in [0, 0.1) is 5.92 Å². The van der Waals surface area contributed by atoms with Gasteiger partial charge in [0.15, 0.2) is 0 Å². The zero-order valence-corrected chi connectivity index (χ0v) is 21.6. The summed E-state index contributed by atoms with van der Waals surface area (Å²) in [5, 5.41) is 7.31. The van der Waals surface area contributed by atoms with Gasteiger partial charge in [0.25, 0.3) is 11.8 Å². The Hall–Kier alpha value is -2.45. The van der Waals surface area contributed by atoms with Crippen LogP contribution in [0.2, 0.25) is 0 Å². The second-order valence-corrected chi connectivity index (χ2v) is 10.3. The van der Waals surface area contributed by atoms with E-state index in [4.69, 9.17) is 4.74 Å². The molecule has 1 atom stereocenters. The molecule has 4 heterocycles. The molecule has 0 saturated carbocycles. The summed E-state index contributed by atoms with van der Waals surface area (Å²) in [7, 11) is 1.66. The highest BCUT2D eigenvalue weighted by atomic mass is 35.5. The summed E-state index contributed by atoms with van der Waals surface area (Å²) in [6.07, 6.45) is 3.14. The molecule has 3 aliphatic rings. The van der Waals surface area contributed by atoms with E-state index < -0.39 is 0 Å². The van der Waals surface area contributed by atoms with Gasteiger partial charge in [0.05, 0.1) is 4.88 Å². The summed E-state index contributed by atoms with van der Waals surface area (Å²) in [5.41, 5.74) is 2.64. The highest BCUT2D eigenvalue weighted by Gasteiger charge is 2.35. The van der Waals surface area contributed by atoms with Gasteiger partial charge in [0.2, 0.25) is 0 Å². The van der Waals surface area contributed by atoms with Crippen LogP contribution < -0.4 is 10.6 Å². The van der Waals surface area contributed by atoms with Gasteiger partial charge in [0.1, 0.15) is 0 Å². The van der Waals surface area contributed by atoms with Crippen LogP contribution >= 0.6 is 23.7 Å². The van der Waals surface area contributed by atoms with Crippen molar-refractivity contribution < 1.29 is 14.3 Å². The summed E-state index contributed by atoms with van der Waals surface area (Å²) in [6, 6.07) is 16.0. The van der Waals surface area contributed by atoms with Crippen molar-refractivity contribution in [2.75, 3.05) is 39.9 Å². The lowest BCUT2D eigenvalue weighted by atomic mass is 9.84. The van der Waals surface area contributed by atoms with Crippen molar-refractivity contribution in [2.45, 2.75) is 25.3 Å². The minimum absolute atomic E-state index is 0. The normalized spacial score (nSPS) is 20.9. The zero-order valence-electron chi connectivity index (χ0n) is 19.9. The van der Waals surface area contributed by atoms with Gasteiger partial charge in [0, 0.05) is 43.1 Å². The Labute approximate surface area is 216 Å². The number of nitrogens with one attached hydrogen (secondary N) is 2. The van der Waals surface area contributed by atoms with E-state index in [0.717, 1.165) is 52.1 Å². The molecule has 1 aromatic heterocycles. The monoisotopic (exact) mass is 513 g/mol. The second-order valence-electron chi connectivity index (χ2n) is 9.24. The van der Waals surface area contributed by atoms with Crippen molar-refractivity contribution >= 4 is 45.6 Å². The molecule has 3 saturated heterocycles. The number of thiophene rings is 1. The van der Waals surface area contributed by atoms with E-state index in [2.05, 4.69) is 21.6 Å². The van der Waals surface area contributed by atoms with E-state index in [1.807, 2.05) is 42.5 Å². The first kappa shape index (κ1) is 25.6. The maximum Gasteiger partial charge on any atom is 0.261 e. The number of hydrogen-bond donors (Lipinski definition) is 2. The van der Waals surface area contributed by atoms with E-state index in [0.29, 0.717) is 24.6 Å². The molecule has 0 radical (unpaired) electrons. The Morgan fingerprint density at radius 3 is 2.63 bits per heavy atom. The van der Waals surface area contributed by atoms with Crippen molar-refractivity contribution in [2.24, 2.45) is 5.92 Å². The molecule has 3 aliphatic heterocycles. The largest absolute Gasteiger partial charge is 0.385 e. The van der Waals surface area contributed by atoms with Crippen LogP contribution in [-0.4, -0.2) is 62.7 Å². The Kier molecular flexibility index (Phi) is 8.44. The minimum Gasteiger partial charge on any atom is -0.385 e. The number of rotatable bonds is 8. The van der Waals surface area contributed by atoms with Crippen molar-refractivity contribution in [3.8, 4) is 11.1 Å². The number of methoxy groups -OCH3 is 1. The minimum atomic E-state index is -0.0890. The van der Waals surface area contributed by atoms with Crippen LogP contribution in [0.3, 0.4) is 0 Å². The fourth-order valence-corrected chi connectivity index (χ4v) is 6.22. The molecule has 3 fully saturated rings. The summed E-state index contributed by atoms with van der Waals surface area (Å²) < 4.78 is 6.11. The molecule has 0 unspecified atom stereocenters. The zero-order chi connectivity index (χ0) is 23.5.